The molecule has 0 aliphatic rings. The van der Waals surface area contributed by atoms with E-state index in [1.807, 2.05) is 54.7 Å². The van der Waals surface area contributed by atoms with E-state index in [-0.39, 0.29) is 11.3 Å². The summed E-state index contributed by atoms with van der Waals surface area (Å²) in [6, 6.07) is 15.4. The highest BCUT2D eigenvalue weighted by atomic mass is 16.2. The molecule has 2 aromatic carbocycles. The van der Waals surface area contributed by atoms with Crippen molar-refractivity contribution in [3.63, 3.8) is 0 Å². The lowest BCUT2D eigenvalue weighted by Crippen LogP contribution is -2.37. The average Bonchev–Trinajstić information content (AvgIpc) is 2.97. The molecule has 0 saturated heterocycles. The fourth-order valence-electron chi connectivity index (χ4n) is 2.92. The third-order valence-corrected chi connectivity index (χ3v) is 4.47. The molecule has 1 aromatic heterocycles. The molecule has 0 radical (unpaired) electrons. The van der Waals surface area contributed by atoms with Crippen LogP contribution in [0.25, 0.3) is 10.9 Å². The number of nitrogens with two attached hydrogens (primary N) is 1. The quantitative estimate of drug-likeness (QED) is 0.675. The zero-order chi connectivity index (χ0) is 18.0. The largest absolute Gasteiger partial charge is 0.361 e. The van der Waals surface area contributed by atoms with Crippen molar-refractivity contribution in [2.45, 2.75) is 38.6 Å². The van der Waals surface area contributed by atoms with Gasteiger partial charge in [0, 0.05) is 22.8 Å². The first kappa shape index (κ1) is 17.2. The summed E-state index contributed by atoms with van der Waals surface area (Å²) in [6.07, 6.45) is 2.42. The predicted molar refractivity (Wildman–Crippen MR) is 104 cm³/mol. The van der Waals surface area contributed by atoms with Crippen LogP contribution in [0.2, 0.25) is 0 Å². The number of carbonyl (C=O) groups excluding carboxylic acids is 1. The number of fused-ring (bicyclic) bond motifs is 1. The molecule has 1 heterocycles. The molecule has 0 spiro atoms. The van der Waals surface area contributed by atoms with Gasteiger partial charge in [-0.05, 0) is 41.2 Å². The van der Waals surface area contributed by atoms with Crippen molar-refractivity contribution in [2.24, 2.45) is 5.73 Å². The van der Waals surface area contributed by atoms with Crippen LogP contribution >= 0.6 is 0 Å². The molecule has 1 amide bonds. The summed E-state index contributed by atoms with van der Waals surface area (Å²) >= 11 is 0. The Morgan fingerprint density at radius 2 is 1.80 bits per heavy atom. The molecule has 4 N–H and O–H groups in total. The summed E-state index contributed by atoms with van der Waals surface area (Å²) < 4.78 is 0. The van der Waals surface area contributed by atoms with E-state index < -0.39 is 6.04 Å². The van der Waals surface area contributed by atoms with Gasteiger partial charge in [0.25, 0.3) is 0 Å². The first-order valence-electron chi connectivity index (χ1n) is 8.56. The van der Waals surface area contributed by atoms with Crippen LogP contribution in [-0.4, -0.2) is 16.9 Å². The molecule has 4 heteroatoms. The number of benzene rings is 2. The van der Waals surface area contributed by atoms with Gasteiger partial charge in [-0.3, -0.25) is 4.79 Å². The molecule has 0 saturated carbocycles. The first-order chi connectivity index (χ1) is 11.8. The Morgan fingerprint density at radius 1 is 1.12 bits per heavy atom. The first-order valence-corrected chi connectivity index (χ1v) is 8.56. The number of aromatic nitrogens is 1. The summed E-state index contributed by atoms with van der Waals surface area (Å²) in [5.41, 5.74) is 10.3. The molecule has 0 fully saturated rings. The van der Waals surface area contributed by atoms with E-state index >= 15 is 0 Å². The number of para-hydroxylation sites is 1. The molecule has 25 heavy (non-hydrogen) atoms. The van der Waals surface area contributed by atoms with Gasteiger partial charge in [-0.2, -0.15) is 0 Å². The van der Waals surface area contributed by atoms with Gasteiger partial charge in [0.1, 0.15) is 0 Å². The minimum atomic E-state index is -0.596. The van der Waals surface area contributed by atoms with E-state index in [0.29, 0.717) is 6.42 Å². The summed E-state index contributed by atoms with van der Waals surface area (Å²) in [6.45, 7) is 6.49. The van der Waals surface area contributed by atoms with Crippen LogP contribution in [0.3, 0.4) is 0 Å². The molecule has 3 rings (SSSR count). The summed E-state index contributed by atoms with van der Waals surface area (Å²) in [7, 11) is 0. The van der Waals surface area contributed by atoms with Gasteiger partial charge in [-0.25, -0.2) is 0 Å². The van der Waals surface area contributed by atoms with Crippen molar-refractivity contribution >= 4 is 22.5 Å². The van der Waals surface area contributed by atoms with E-state index in [4.69, 9.17) is 5.73 Å². The van der Waals surface area contributed by atoms with Crippen molar-refractivity contribution in [1.82, 2.24) is 4.98 Å². The van der Waals surface area contributed by atoms with Crippen LogP contribution in [0.4, 0.5) is 5.69 Å². The third kappa shape index (κ3) is 3.91. The maximum Gasteiger partial charge on any atom is 0.241 e. The van der Waals surface area contributed by atoms with Crippen molar-refractivity contribution in [1.29, 1.82) is 0 Å². The van der Waals surface area contributed by atoms with Crippen molar-refractivity contribution in [3.05, 3.63) is 65.9 Å². The standard InChI is InChI=1S/C21H25N3O/c1-21(2,3)15-8-10-16(11-9-15)24-20(25)18(22)12-14-13-23-19-7-5-4-6-17(14)19/h4-11,13,18,23H,12,22H2,1-3H3,(H,24,25)/t18-/m0/s1. The minimum Gasteiger partial charge on any atom is -0.361 e. The number of amides is 1. The van der Waals surface area contributed by atoms with Crippen LogP contribution in [0.1, 0.15) is 31.9 Å². The van der Waals surface area contributed by atoms with E-state index in [2.05, 4.69) is 31.1 Å². The van der Waals surface area contributed by atoms with E-state index in [0.717, 1.165) is 22.2 Å². The molecule has 0 unspecified atom stereocenters. The van der Waals surface area contributed by atoms with Crippen LogP contribution in [0.5, 0.6) is 0 Å². The van der Waals surface area contributed by atoms with Gasteiger partial charge >= 0.3 is 0 Å². The molecular weight excluding hydrogens is 310 g/mol. The van der Waals surface area contributed by atoms with Crippen LogP contribution in [-0.2, 0) is 16.6 Å². The molecule has 0 aliphatic heterocycles. The molecule has 1 atom stereocenters. The summed E-state index contributed by atoms with van der Waals surface area (Å²) in [5.74, 6) is -0.172. The van der Waals surface area contributed by atoms with Crippen molar-refractivity contribution in [3.8, 4) is 0 Å². The molecule has 0 bridgehead atoms. The fraction of sp³-hybridized carbons (Fsp3) is 0.286. The molecule has 4 nitrogen and oxygen atoms in total. The fourth-order valence-corrected chi connectivity index (χ4v) is 2.92. The second-order valence-electron chi connectivity index (χ2n) is 7.49. The topological polar surface area (TPSA) is 70.9 Å². The number of nitrogens with one attached hydrogen (secondary N) is 2. The Morgan fingerprint density at radius 3 is 2.48 bits per heavy atom. The number of anilines is 1. The van der Waals surface area contributed by atoms with Crippen molar-refractivity contribution in [2.75, 3.05) is 5.32 Å². The van der Waals surface area contributed by atoms with Gasteiger partial charge in [0.15, 0.2) is 0 Å². The minimum absolute atomic E-state index is 0.0915. The van der Waals surface area contributed by atoms with Crippen LogP contribution in [0.15, 0.2) is 54.7 Å². The second-order valence-corrected chi connectivity index (χ2v) is 7.49. The van der Waals surface area contributed by atoms with Crippen LogP contribution in [0, 0.1) is 0 Å². The Balaban J connectivity index is 1.66. The summed E-state index contributed by atoms with van der Waals surface area (Å²) in [5, 5.41) is 4.02. The van der Waals surface area contributed by atoms with Gasteiger partial charge < -0.3 is 16.0 Å². The predicted octanol–water partition coefficient (Wildman–Crippen LogP) is 3.97. The smallest absolute Gasteiger partial charge is 0.241 e. The van der Waals surface area contributed by atoms with E-state index in [9.17, 15) is 4.79 Å². The normalized spacial score (nSPS) is 13.0. The zero-order valence-corrected chi connectivity index (χ0v) is 15.0. The number of aromatic amines is 1. The van der Waals surface area contributed by atoms with Gasteiger partial charge in [-0.1, -0.05) is 51.1 Å². The Hall–Kier alpha value is -2.59. The van der Waals surface area contributed by atoms with Gasteiger partial charge in [0.2, 0.25) is 5.91 Å². The molecule has 130 valence electrons. The highest BCUT2D eigenvalue weighted by molar-refractivity contribution is 5.95. The number of rotatable bonds is 4. The average molecular weight is 335 g/mol. The number of hydrogen-bond acceptors (Lipinski definition) is 2. The van der Waals surface area contributed by atoms with Crippen LogP contribution < -0.4 is 11.1 Å². The SMILES string of the molecule is CC(C)(C)c1ccc(NC(=O)[C@@H](N)Cc2c[nH]c3ccccc23)cc1. The van der Waals surface area contributed by atoms with Crippen molar-refractivity contribution < 1.29 is 4.79 Å². The highest BCUT2D eigenvalue weighted by Crippen LogP contribution is 2.24. The number of hydrogen-bond donors (Lipinski definition) is 3. The molecule has 0 aliphatic carbocycles. The second kappa shape index (κ2) is 6.73. The maximum absolute atomic E-state index is 12.4. The van der Waals surface area contributed by atoms with E-state index in [1.54, 1.807) is 0 Å². The van der Waals surface area contributed by atoms with E-state index in [1.165, 1.54) is 5.56 Å². The zero-order valence-electron chi connectivity index (χ0n) is 15.0. The lowest BCUT2D eigenvalue weighted by molar-refractivity contribution is -0.117. The summed E-state index contributed by atoms with van der Waals surface area (Å²) in [4.78, 5) is 15.6. The Kier molecular flexibility index (Phi) is 4.64. The Bertz CT molecular complexity index is 872. The maximum atomic E-state index is 12.4. The third-order valence-electron chi connectivity index (χ3n) is 4.47. The number of H-pyrrole nitrogens is 1. The van der Waals surface area contributed by atoms with Gasteiger partial charge in [0.05, 0.1) is 6.04 Å². The van der Waals surface area contributed by atoms with Gasteiger partial charge in [-0.15, -0.1) is 0 Å². The molecular formula is C21H25N3O. The Labute approximate surface area is 148 Å². The lowest BCUT2D eigenvalue weighted by atomic mass is 9.87. The highest BCUT2D eigenvalue weighted by Gasteiger charge is 2.17. The number of carbonyl (C=O) groups is 1. The molecule has 3 aromatic rings. The lowest BCUT2D eigenvalue weighted by Gasteiger charge is -2.19. The monoisotopic (exact) mass is 335 g/mol.